The Kier molecular flexibility index (Phi) is 7.66. The largest absolute Gasteiger partial charge is 0.333 e. The lowest BCUT2D eigenvalue weighted by Gasteiger charge is -2.37. The van der Waals surface area contributed by atoms with Crippen LogP contribution in [0, 0.1) is 5.92 Å². The zero-order valence-electron chi connectivity index (χ0n) is 13.5. The minimum Gasteiger partial charge on any atom is -0.333 e. The summed E-state index contributed by atoms with van der Waals surface area (Å²) in [5.41, 5.74) is 6.30. The number of hydrogen-bond acceptors (Lipinski definition) is 4. The number of hydrogen-bond donors (Lipinski definition) is 1. The van der Waals surface area contributed by atoms with Crippen molar-refractivity contribution in [2.24, 2.45) is 11.7 Å². The Balaban J connectivity index is 0.00000144. The van der Waals surface area contributed by atoms with E-state index >= 15 is 0 Å². The van der Waals surface area contributed by atoms with Crippen molar-refractivity contribution >= 4 is 30.7 Å². The van der Waals surface area contributed by atoms with Gasteiger partial charge in [-0.3, -0.25) is 4.79 Å². The molecule has 1 fully saturated rings. The first-order valence-electron chi connectivity index (χ1n) is 7.67. The number of amides is 1. The fourth-order valence-electron chi connectivity index (χ4n) is 2.96. The van der Waals surface area contributed by atoms with Gasteiger partial charge in [0.1, 0.15) is 5.69 Å². The van der Waals surface area contributed by atoms with Gasteiger partial charge >= 0.3 is 0 Å². The van der Waals surface area contributed by atoms with Crippen LogP contribution in [0.1, 0.15) is 30.3 Å². The van der Waals surface area contributed by atoms with Gasteiger partial charge in [-0.2, -0.15) is 5.10 Å². The predicted molar refractivity (Wildman–Crippen MR) is 98.1 cm³/mol. The van der Waals surface area contributed by atoms with Gasteiger partial charge in [-0.05, 0) is 37.0 Å². The van der Waals surface area contributed by atoms with Crippen molar-refractivity contribution in [2.75, 3.05) is 13.1 Å². The van der Waals surface area contributed by atoms with Gasteiger partial charge in [0.25, 0.3) is 5.91 Å². The number of pyridine rings is 1. The lowest BCUT2D eigenvalue weighted by atomic mass is 9.92. The minimum absolute atomic E-state index is 0. The molecule has 132 valence electrons. The van der Waals surface area contributed by atoms with E-state index in [1.165, 1.54) is 0 Å². The summed E-state index contributed by atoms with van der Waals surface area (Å²) >= 11 is 0. The average Bonchev–Trinajstić information content (AvgIpc) is 3.08. The van der Waals surface area contributed by atoms with Crippen LogP contribution in [0.2, 0.25) is 0 Å². The van der Waals surface area contributed by atoms with E-state index in [1.54, 1.807) is 16.9 Å². The number of halogens is 2. The van der Waals surface area contributed by atoms with Gasteiger partial charge in [-0.15, -0.1) is 24.8 Å². The zero-order chi connectivity index (χ0) is 15.5. The van der Waals surface area contributed by atoms with Gasteiger partial charge in [0.2, 0.25) is 0 Å². The molecule has 2 atom stereocenters. The highest BCUT2D eigenvalue weighted by Gasteiger charge is 2.30. The van der Waals surface area contributed by atoms with Gasteiger partial charge in [-0.25, -0.2) is 9.67 Å². The number of nitrogens with zero attached hydrogens (tertiary/aromatic N) is 4. The van der Waals surface area contributed by atoms with E-state index in [4.69, 9.17) is 5.73 Å². The molecule has 2 aromatic rings. The van der Waals surface area contributed by atoms with Crippen LogP contribution >= 0.6 is 24.8 Å². The molecule has 0 spiro atoms. The Bertz CT molecular complexity index is 650. The van der Waals surface area contributed by atoms with Gasteiger partial charge in [0.05, 0.1) is 0 Å². The summed E-state index contributed by atoms with van der Waals surface area (Å²) in [4.78, 5) is 19.1. The molecule has 3 heterocycles. The third kappa shape index (κ3) is 4.26. The number of nitrogens with two attached hydrogens (primary N) is 1. The molecule has 24 heavy (non-hydrogen) atoms. The molecule has 0 aliphatic carbocycles. The minimum atomic E-state index is -0.0450. The van der Waals surface area contributed by atoms with E-state index in [2.05, 4.69) is 17.0 Å². The summed E-state index contributed by atoms with van der Waals surface area (Å²) in [7, 11) is 0. The van der Waals surface area contributed by atoms with Gasteiger partial charge < -0.3 is 10.6 Å². The van der Waals surface area contributed by atoms with E-state index in [0.717, 1.165) is 19.4 Å². The third-order valence-corrected chi connectivity index (χ3v) is 4.20. The highest BCUT2D eigenvalue weighted by atomic mass is 35.5. The summed E-state index contributed by atoms with van der Waals surface area (Å²) in [5.74, 6) is 1.21. The lowest BCUT2D eigenvalue weighted by Crippen LogP contribution is -2.49. The fourth-order valence-corrected chi connectivity index (χ4v) is 2.96. The molecule has 0 bridgehead atoms. The number of likely N-dealkylation sites (tertiary alicyclic amines) is 1. The highest BCUT2D eigenvalue weighted by molar-refractivity contribution is 5.92. The van der Waals surface area contributed by atoms with Crippen molar-refractivity contribution in [1.29, 1.82) is 0 Å². The van der Waals surface area contributed by atoms with Crippen molar-refractivity contribution in [2.45, 2.75) is 25.8 Å². The van der Waals surface area contributed by atoms with E-state index < -0.39 is 0 Å². The van der Waals surface area contributed by atoms with Crippen molar-refractivity contribution < 1.29 is 4.79 Å². The molecule has 6 nitrogen and oxygen atoms in total. The fraction of sp³-hybridized carbons (Fsp3) is 0.438. The Hall–Kier alpha value is -1.63. The normalized spacial score (nSPS) is 20.0. The second-order valence-corrected chi connectivity index (χ2v) is 5.85. The second kappa shape index (κ2) is 9.01. The first-order chi connectivity index (χ1) is 10.7. The molecule has 1 aliphatic heterocycles. The van der Waals surface area contributed by atoms with Crippen molar-refractivity contribution in [3.05, 3.63) is 42.4 Å². The molecule has 0 radical (unpaired) electrons. The number of aromatic nitrogens is 3. The Morgan fingerprint density at radius 1 is 1.33 bits per heavy atom. The van der Waals surface area contributed by atoms with Crippen LogP contribution < -0.4 is 5.73 Å². The van der Waals surface area contributed by atoms with Crippen molar-refractivity contribution in [3.8, 4) is 5.82 Å². The van der Waals surface area contributed by atoms with E-state index in [1.807, 2.05) is 29.3 Å². The molecule has 2 unspecified atom stereocenters. The molecule has 0 saturated carbocycles. The zero-order valence-corrected chi connectivity index (χ0v) is 15.2. The summed E-state index contributed by atoms with van der Waals surface area (Å²) in [6.45, 7) is 3.45. The van der Waals surface area contributed by atoms with Crippen LogP contribution in [0.3, 0.4) is 0 Å². The molecule has 1 saturated heterocycles. The monoisotopic (exact) mass is 371 g/mol. The second-order valence-electron chi connectivity index (χ2n) is 5.85. The first kappa shape index (κ1) is 20.4. The van der Waals surface area contributed by atoms with E-state index in [9.17, 15) is 4.79 Å². The van der Waals surface area contributed by atoms with Crippen LogP contribution in [-0.4, -0.2) is 44.7 Å². The smallest absolute Gasteiger partial charge is 0.272 e. The Labute approximate surface area is 154 Å². The van der Waals surface area contributed by atoms with Gasteiger partial charge in [0, 0.05) is 31.5 Å². The Morgan fingerprint density at radius 3 is 2.79 bits per heavy atom. The molecular formula is C16H23Cl2N5O. The molecule has 2 aromatic heterocycles. The molecule has 0 aromatic carbocycles. The maximum Gasteiger partial charge on any atom is 0.272 e. The number of carbonyl (C=O) groups is 1. The SMILES string of the molecule is CC1CCN(C(=O)c2cccc(-n3cccn3)n2)C(CN)C1.Cl.Cl. The molecule has 1 amide bonds. The first-order valence-corrected chi connectivity index (χ1v) is 7.67. The number of rotatable bonds is 3. The summed E-state index contributed by atoms with van der Waals surface area (Å²) in [6, 6.07) is 7.35. The average molecular weight is 372 g/mol. The standard InChI is InChI=1S/C16H21N5O.2ClH/c1-12-6-9-20(13(10-12)11-17)16(22)14-4-2-5-15(19-14)21-8-3-7-18-21;;/h2-5,7-8,12-13H,6,9-11,17H2,1H3;2*1H. The lowest BCUT2D eigenvalue weighted by molar-refractivity contribution is 0.0567. The third-order valence-electron chi connectivity index (χ3n) is 4.20. The number of piperidine rings is 1. The molecule has 1 aliphatic rings. The van der Waals surface area contributed by atoms with Gasteiger partial charge in [0.15, 0.2) is 5.82 Å². The summed E-state index contributed by atoms with van der Waals surface area (Å²) < 4.78 is 1.65. The highest BCUT2D eigenvalue weighted by Crippen LogP contribution is 2.23. The molecule has 8 heteroatoms. The van der Waals surface area contributed by atoms with Crippen molar-refractivity contribution in [3.63, 3.8) is 0 Å². The molecular weight excluding hydrogens is 349 g/mol. The summed E-state index contributed by atoms with van der Waals surface area (Å²) in [6.07, 6.45) is 5.47. The quantitative estimate of drug-likeness (QED) is 0.897. The maximum absolute atomic E-state index is 12.8. The number of carbonyl (C=O) groups excluding carboxylic acids is 1. The topological polar surface area (TPSA) is 77.0 Å². The van der Waals surface area contributed by atoms with Gasteiger partial charge in [-0.1, -0.05) is 13.0 Å². The summed E-state index contributed by atoms with van der Waals surface area (Å²) in [5, 5.41) is 4.15. The Morgan fingerprint density at radius 2 is 2.12 bits per heavy atom. The van der Waals surface area contributed by atoms with Crippen molar-refractivity contribution in [1.82, 2.24) is 19.7 Å². The van der Waals surface area contributed by atoms with E-state index in [-0.39, 0.29) is 36.8 Å². The maximum atomic E-state index is 12.8. The van der Waals surface area contributed by atoms with Crippen LogP contribution in [0.15, 0.2) is 36.7 Å². The predicted octanol–water partition coefficient (Wildman–Crippen LogP) is 2.31. The van der Waals surface area contributed by atoms with Crippen LogP contribution in [-0.2, 0) is 0 Å². The van der Waals surface area contributed by atoms with Crippen LogP contribution in [0.25, 0.3) is 5.82 Å². The molecule has 3 rings (SSSR count). The van der Waals surface area contributed by atoms with Crippen LogP contribution in [0.4, 0.5) is 0 Å². The van der Waals surface area contributed by atoms with E-state index in [0.29, 0.717) is 24.0 Å². The van der Waals surface area contributed by atoms with Crippen LogP contribution in [0.5, 0.6) is 0 Å². The molecule has 2 N–H and O–H groups in total.